The van der Waals surface area contributed by atoms with Gasteiger partial charge in [-0.2, -0.15) is 0 Å². The maximum absolute atomic E-state index is 4.00. The molecule has 0 amide bonds. The van der Waals surface area contributed by atoms with E-state index in [9.17, 15) is 0 Å². The molecule has 0 saturated heterocycles. The molecule has 0 spiro atoms. The Morgan fingerprint density at radius 3 is 2.67 bits per heavy atom. The molecule has 54 valence electrons. The van der Waals surface area contributed by atoms with Crippen molar-refractivity contribution in [3.8, 4) is 0 Å². The first-order valence-corrected chi connectivity index (χ1v) is 3.82. The Morgan fingerprint density at radius 2 is 2.22 bits per heavy atom. The first-order valence-electron chi connectivity index (χ1n) is 3.22. The molecule has 0 aliphatic heterocycles. The Morgan fingerprint density at radius 1 is 1.56 bits per heavy atom. The van der Waals surface area contributed by atoms with Crippen molar-refractivity contribution >= 4 is 0 Å². The van der Waals surface area contributed by atoms with Crippen LogP contribution in [0.15, 0.2) is 22.7 Å². The fraction of sp³-hybridized carbons (Fsp3) is 0.500. The van der Waals surface area contributed by atoms with Crippen LogP contribution in [-0.4, -0.2) is 0 Å². The SMILES string of the molecule is CCCC=C(C)C=[CH][Co]. The predicted octanol–water partition coefficient (Wildman–Crippen LogP) is 2.79. The molecule has 0 atom stereocenters. The number of rotatable bonds is 3. The fourth-order valence-electron chi connectivity index (χ4n) is 0.528. The van der Waals surface area contributed by atoms with Crippen LogP contribution in [-0.2, 0) is 15.7 Å². The van der Waals surface area contributed by atoms with Crippen molar-refractivity contribution < 1.29 is 15.7 Å². The van der Waals surface area contributed by atoms with E-state index in [1.54, 1.807) is 5.01 Å². The molecule has 0 bridgehead atoms. The molecular weight excluding hydrogens is 155 g/mol. The van der Waals surface area contributed by atoms with Crippen molar-refractivity contribution in [2.75, 3.05) is 0 Å². The number of hydrogen-bond donors (Lipinski definition) is 0. The summed E-state index contributed by atoms with van der Waals surface area (Å²) in [6.07, 6.45) is 6.60. The van der Waals surface area contributed by atoms with Crippen LogP contribution in [0.4, 0.5) is 0 Å². The summed E-state index contributed by atoms with van der Waals surface area (Å²) in [5, 5.41) is 1.76. The molecule has 0 rings (SSSR count). The van der Waals surface area contributed by atoms with Gasteiger partial charge in [0.25, 0.3) is 0 Å². The van der Waals surface area contributed by atoms with Crippen LogP contribution in [0.25, 0.3) is 0 Å². The Labute approximate surface area is 65.6 Å². The second-order valence-electron chi connectivity index (χ2n) is 2.01. The predicted molar refractivity (Wildman–Crippen MR) is 37.8 cm³/mol. The molecule has 0 aliphatic carbocycles. The Bertz CT molecular complexity index is 112. The molecule has 0 aromatic heterocycles. The van der Waals surface area contributed by atoms with E-state index in [0.717, 1.165) is 0 Å². The molecule has 0 aromatic carbocycles. The van der Waals surface area contributed by atoms with Crippen molar-refractivity contribution in [1.82, 2.24) is 0 Å². The van der Waals surface area contributed by atoms with E-state index in [4.69, 9.17) is 0 Å². The van der Waals surface area contributed by atoms with Gasteiger partial charge in [-0.05, 0) is 0 Å². The zero-order chi connectivity index (χ0) is 7.11. The van der Waals surface area contributed by atoms with E-state index < -0.39 is 0 Å². The van der Waals surface area contributed by atoms with Crippen molar-refractivity contribution in [2.45, 2.75) is 26.7 Å². The van der Waals surface area contributed by atoms with Gasteiger partial charge in [0.15, 0.2) is 0 Å². The van der Waals surface area contributed by atoms with Crippen LogP contribution in [0.1, 0.15) is 26.7 Å². The summed E-state index contributed by atoms with van der Waals surface area (Å²) in [6, 6.07) is 0. The van der Waals surface area contributed by atoms with Crippen molar-refractivity contribution in [2.24, 2.45) is 0 Å². The van der Waals surface area contributed by atoms with Crippen molar-refractivity contribution in [3.05, 3.63) is 22.7 Å². The number of allylic oxidation sites excluding steroid dienone is 3. The van der Waals surface area contributed by atoms with E-state index >= 15 is 0 Å². The van der Waals surface area contributed by atoms with Gasteiger partial charge < -0.3 is 0 Å². The average Bonchev–Trinajstić information content (AvgIpc) is 1.85. The van der Waals surface area contributed by atoms with E-state index in [1.165, 1.54) is 18.4 Å². The van der Waals surface area contributed by atoms with Gasteiger partial charge in [-0.15, -0.1) is 0 Å². The third-order valence-electron chi connectivity index (χ3n) is 1.07. The van der Waals surface area contributed by atoms with E-state index in [2.05, 4.69) is 35.7 Å². The summed E-state index contributed by atoms with van der Waals surface area (Å²) < 4.78 is 0. The topological polar surface area (TPSA) is 0 Å². The van der Waals surface area contributed by atoms with Gasteiger partial charge in [-0.25, -0.2) is 0 Å². The molecular formula is C8H13Co. The van der Waals surface area contributed by atoms with Gasteiger partial charge in [0, 0.05) is 0 Å². The third kappa shape index (κ3) is 5.86. The Balaban J connectivity index is 3.55. The quantitative estimate of drug-likeness (QED) is 0.568. The van der Waals surface area contributed by atoms with Gasteiger partial charge in [0.2, 0.25) is 0 Å². The minimum atomic E-state index is 1.17. The van der Waals surface area contributed by atoms with Gasteiger partial charge in [-0.3, -0.25) is 0 Å². The second kappa shape index (κ2) is 6.11. The summed E-state index contributed by atoms with van der Waals surface area (Å²) in [7, 11) is 0. The fourth-order valence-corrected chi connectivity index (χ4v) is 0.801. The first kappa shape index (κ1) is 8.99. The average molecular weight is 168 g/mol. The minimum absolute atomic E-state index is 1.17. The number of hydrogen-bond acceptors (Lipinski definition) is 0. The van der Waals surface area contributed by atoms with Gasteiger partial charge in [0.1, 0.15) is 0 Å². The molecule has 0 heterocycles. The van der Waals surface area contributed by atoms with Crippen molar-refractivity contribution in [3.63, 3.8) is 0 Å². The van der Waals surface area contributed by atoms with E-state index in [0.29, 0.717) is 0 Å². The molecule has 0 unspecified atom stereocenters. The second-order valence-corrected chi connectivity index (χ2v) is 2.36. The molecule has 0 aliphatic rings. The summed E-state index contributed by atoms with van der Waals surface area (Å²) in [6.45, 7) is 4.26. The van der Waals surface area contributed by atoms with Gasteiger partial charge in [0.05, 0.1) is 0 Å². The number of unbranched alkanes of at least 4 members (excludes halogenated alkanes) is 1. The normalized spacial score (nSPS) is 13.1. The summed E-state index contributed by atoms with van der Waals surface area (Å²) >= 11 is 4.00. The monoisotopic (exact) mass is 168 g/mol. The van der Waals surface area contributed by atoms with Crippen molar-refractivity contribution in [1.29, 1.82) is 0 Å². The van der Waals surface area contributed by atoms with Gasteiger partial charge in [-0.1, -0.05) is 0 Å². The van der Waals surface area contributed by atoms with Crippen LogP contribution >= 0.6 is 0 Å². The van der Waals surface area contributed by atoms with Crippen LogP contribution < -0.4 is 0 Å². The maximum atomic E-state index is 4.00. The third-order valence-corrected chi connectivity index (χ3v) is 1.25. The Kier molecular flexibility index (Phi) is 6.10. The molecule has 9 heavy (non-hydrogen) atoms. The molecule has 0 radical (unpaired) electrons. The molecule has 0 nitrogen and oxygen atoms in total. The molecule has 1 heteroatoms. The van der Waals surface area contributed by atoms with E-state index in [-0.39, 0.29) is 0 Å². The summed E-state index contributed by atoms with van der Waals surface area (Å²) in [5.41, 5.74) is 1.30. The summed E-state index contributed by atoms with van der Waals surface area (Å²) in [4.78, 5) is 0. The first-order chi connectivity index (χ1) is 4.31. The van der Waals surface area contributed by atoms with Crippen LogP contribution in [0.3, 0.4) is 0 Å². The molecule has 0 saturated carbocycles. The molecule has 0 N–H and O–H groups in total. The van der Waals surface area contributed by atoms with E-state index in [1.807, 2.05) is 6.08 Å². The van der Waals surface area contributed by atoms with Gasteiger partial charge >= 0.3 is 65.2 Å². The van der Waals surface area contributed by atoms with Crippen LogP contribution in [0.5, 0.6) is 0 Å². The standard InChI is InChI=1S/C8H13.Co/c1-4-6-7-8(3)5-2;/h2,5,7H,4,6H2,1,3H3;. The Hall–Kier alpha value is -0.0135. The summed E-state index contributed by atoms with van der Waals surface area (Å²) in [5.74, 6) is 0. The zero-order valence-electron chi connectivity index (χ0n) is 5.98. The van der Waals surface area contributed by atoms with Crippen LogP contribution in [0, 0.1) is 0 Å². The zero-order valence-corrected chi connectivity index (χ0v) is 7.02. The molecule has 0 fully saturated rings. The van der Waals surface area contributed by atoms with Crippen LogP contribution in [0.2, 0.25) is 0 Å². The molecule has 0 aromatic rings.